The zero-order valence-electron chi connectivity index (χ0n) is 18.2. The van der Waals surface area contributed by atoms with Crippen LogP contribution in [0.5, 0.6) is 0 Å². The molecule has 0 aliphatic carbocycles. The Morgan fingerprint density at radius 3 is 2.38 bits per heavy atom. The Kier molecular flexibility index (Phi) is 9.21. The van der Waals surface area contributed by atoms with E-state index in [4.69, 9.17) is 0 Å². The van der Waals surface area contributed by atoms with Crippen molar-refractivity contribution in [3.05, 3.63) is 64.4 Å². The normalized spacial score (nSPS) is 12.2. The average molecular weight is 528 g/mol. The van der Waals surface area contributed by atoms with Crippen molar-refractivity contribution in [3.8, 4) is 0 Å². The first-order valence-electron chi connectivity index (χ1n) is 10.1. The van der Waals surface area contributed by atoms with Gasteiger partial charge in [0, 0.05) is 17.6 Å². The molecule has 2 aromatic rings. The largest absolute Gasteiger partial charge is 0.354 e. The number of nitrogens with one attached hydrogen (secondary N) is 1. The van der Waals surface area contributed by atoms with Crippen LogP contribution < -0.4 is 9.62 Å². The fourth-order valence-electron chi connectivity index (χ4n) is 3.01. The van der Waals surface area contributed by atoms with E-state index in [9.17, 15) is 22.4 Å². The van der Waals surface area contributed by atoms with Crippen LogP contribution in [0.25, 0.3) is 0 Å². The van der Waals surface area contributed by atoms with Crippen molar-refractivity contribution in [2.24, 2.45) is 0 Å². The van der Waals surface area contributed by atoms with E-state index in [0.29, 0.717) is 22.3 Å². The van der Waals surface area contributed by atoms with Crippen LogP contribution in [0.15, 0.2) is 53.0 Å². The zero-order valence-corrected chi connectivity index (χ0v) is 20.6. The zero-order chi connectivity index (χ0) is 23.9. The standard InChI is InChI=1S/C22H27BrFN3O4S/c1-4-12-25-22(29)16(2)26(14-17-8-10-19(24)11-9-17)21(28)15-27(32(3,30)31)20-7-5-6-18(23)13-20/h5-11,13,16H,4,12,14-15H2,1-3H3,(H,25,29). The lowest BCUT2D eigenvalue weighted by Crippen LogP contribution is -2.51. The number of carbonyl (C=O) groups is 2. The van der Waals surface area contributed by atoms with Crippen LogP contribution in [0.4, 0.5) is 10.1 Å². The summed E-state index contributed by atoms with van der Waals surface area (Å²) in [4.78, 5) is 27.2. The van der Waals surface area contributed by atoms with Crippen molar-refractivity contribution in [2.75, 3.05) is 23.7 Å². The van der Waals surface area contributed by atoms with Crippen LogP contribution >= 0.6 is 15.9 Å². The van der Waals surface area contributed by atoms with Gasteiger partial charge in [0.15, 0.2) is 0 Å². The average Bonchev–Trinajstić information content (AvgIpc) is 2.73. The second-order valence-electron chi connectivity index (χ2n) is 7.36. The van der Waals surface area contributed by atoms with Crippen molar-refractivity contribution in [2.45, 2.75) is 32.9 Å². The number of benzene rings is 2. The predicted octanol–water partition coefficient (Wildman–Crippen LogP) is 3.30. The minimum atomic E-state index is -3.79. The van der Waals surface area contributed by atoms with Gasteiger partial charge in [0.05, 0.1) is 11.9 Å². The van der Waals surface area contributed by atoms with Gasteiger partial charge < -0.3 is 10.2 Å². The summed E-state index contributed by atoms with van der Waals surface area (Å²) in [5.74, 6) is -1.33. The molecule has 0 spiro atoms. The smallest absolute Gasteiger partial charge is 0.244 e. The summed E-state index contributed by atoms with van der Waals surface area (Å²) in [6.07, 6.45) is 1.75. The quantitative estimate of drug-likeness (QED) is 0.513. The van der Waals surface area contributed by atoms with E-state index in [2.05, 4.69) is 21.2 Å². The lowest BCUT2D eigenvalue weighted by Gasteiger charge is -2.31. The molecule has 1 unspecified atom stereocenters. The molecule has 1 atom stereocenters. The van der Waals surface area contributed by atoms with Crippen LogP contribution in [-0.2, 0) is 26.2 Å². The van der Waals surface area contributed by atoms with Gasteiger partial charge in [0.2, 0.25) is 21.8 Å². The Morgan fingerprint density at radius 2 is 1.81 bits per heavy atom. The van der Waals surface area contributed by atoms with Crippen molar-refractivity contribution in [1.29, 1.82) is 0 Å². The highest BCUT2D eigenvalue weighted by Crippen LogP contribution is 2.23. The van der Waals surface area contributed by atoms with E-state index in [-0.39, 0.29) is 12.5 Å². The molecule has 2 aromatic carbocycles. The van der Waals surface area contributed by atoms with E-state index < -0.39 is 34.3 Å². The van der Waals surface area contributed by atoms with Crippen LogP contribution in [0, 0.1) is 5.82 Å². The van der Waals surface area contributed by atoms with Gasteiger partial charge in [-0.05, 0) is 49.2 Å². The molecule has 0 fully saturated rings. The SMILES string of the molecule is CCCNC(=O)C(C)N(Cc1ccc(F)cc1)C(=O)CN(c1cccc(Br)c1)S(C)(=O)=O. The Bertz CT molecular complexity index is 1050. The van der Waals surface area contributed by atoms with E-state index in [1.54, 1.807) is 31.2 Å². The maximum Gasteiger partial charge on any atom is 0.244 e. The third kappa shape index (κ3) is 7.30. The molecule has 2 rings (SSSR count). The van der Waals surface area contributed by atoms with Gasteiger partial charge in [0.1, 0.15) is 18.4 Å². The first-order valence-corrected chi connectivity index (χ1v) is 12.7. The molecule has 1 N–H and O–H groups in total. The summed E-state index contributed by atoms with van der Waals surface area (Å²) in [7, 11) is -3.79. The fraction of sp³-hybridized carbons (Fsp3) is 0.364. The molecule has 174 valence electrons. The van der Waals surface area contributed by atoms with Gasteiger partial charge in [-0.3, -0.25) is 13.9 Å². The monoisotopic (exact) mass is 527 g/mol. The second-order valence-corrected chi connectivity index (χ2v) is 10.2. The summed E-state index contributed by atoms with van der Waals surface area (Å²) in [6.45, 7) is 3.48. The first-order chi connectivity index (χ1) is 15.0. The molecule has 0 radical (unpaired) electrons. The summed E-state index contributed by atoms with van der Waals surface area (Å²) in [5.41, 5.74) is 0.934. The van der Waals surface area contributed by atoms with Gasteiger partial charge in [0.25, 0.3) is 0 Å². The highest BCUT2D eigenvalue weighted by molar-refractivity contribution is 9.10. The summed E-state index contributed by atoms with van der Waals surface area (Å²) in [5, 5.41) is 2.75. The maximum absolute atomic E-state index is 13.3. The number of hydrogen-bond acceptors (Lipinski definition) is 4. The highest BCUT2D eigenvalue weighted by Gasteiger charge is 2.30. The number of sulfonamides is 1. The van der Waals surface area contributed by atoms with Crippen molar-refractivity contribution in [1.82, 2.24) is 10.2 Å². The number of nitrogens with zero attached hydrogens (tertiary/aromatic N) is 2. The van der Waals surface area contributed by atoms with Crippen molar-refractivity contribution in [3.63, 3.8) is 0 Å². The van der Waals surface area contributed by atoms with Crippen LogP contribution in [0.1, 0.15) is 25.8 Å². The van der Waals surface area contributed by atoms with Gasteiger partial charge in [-0.1, -0.05) is 41.1 Å². The molecule has 0 aliphatic heterocycles. The van der Waals surface area contributed by atoms with Gasteiger partial charge in [-0.25, -0.2) is 12.8 Å². The predicted molar refractivity (Wildman–Crippen MR) is 126 cm³/mol. The fourth-order valence-corrected chi connectivity index (χ4v) is 4.24. The van der Waals surface area contributed by atoms with Gasteiger partial charge in [-0.15, -0.1) is 0 Å². The van der Waals surface area contributed by atoms with E-state index in [0.717, 1.165) is 17.0 Å². The molecule has 2 amide bonds. The molecule has 0 saturated carbocycles. The number of carbonyl (C=O) groups excluding carboxylic acids is 2. The molecule has 32 heavy (non-hydrogen) atoms. The molecule has 0 aliphatic rings. The van der Waals surface area contributed by atoms with Gasteiger partial charge in [-0.2, -0.15) is 0 Å². The number of halogens is 2. The van der Waals surface area contributed by atoms with Crippen molar-refractivity contribution >= 4 is 43.5 Å². The third-order valence-corrected chi connectivity index (χ3v) is 6.39. The van der Waals surface area contributed by atoms with E-state index in [1.807, 2.05) is 6.92 Å². The molecule has 7 nitrogen and oxygen atoms in total. The van der Waals surface area contributed by atoms with Crippen LogP contribution in [-0.4, -0.2) is 50.5 Å². The number of rotatable bonds is 10. The molecular formula is C22H27BrFN3O4S. The molecule has 0 aromatic heterocycles. The second kappa shape index (κ2) is 11.4. The minimum absolute atomic E-state index is 0.0237. The maximum atomic E-state index is 13.3. The Hall–Kier alpha value is -2.46. The molecule has 0 heterocycles. The molecule has 10 heteroatoms. The minimum Gasteiger partial charge on any atom is -0.354 e. The highest BCUT2D eigenvalue weighted by atomic mass is 79.9. The Morgan fingerprint density at radius 1 is 1.16 bits per heavy atom. The Balaban J connectivity index is 2.35. The van der Waals surface area contributed by atoms with Crippen molar-refractivity contribution < 1.29 is 22.4 Å². The Labute approximate surface area is 196 Å². The third-order valence-electron chi connectivity index (χ3n) is 4.76. The number of hydrogen-bond donors (Lipinski definition) is 1. The number of amides is 2. The summed E-state index contributed by atoms with van der Waals surface area (Å²) < 4.78 is 39.9. The topological polar surface area (TPSA) is 86.8 Å². The van der Waals surface area contributed by atoms with Crippen LogP contribution in [0.3, 0.4) is 0 Å². The number of anilines is 1. The molecule has 0 bridgehead atoms. The lowest BCUT2D eigenvalue weighted by molar-refractivity contribution is -0.139. The lowest BCUT2D eigenvalue weighted by atomic mass is 10.1. The first kappa shape index (κ1) is 25.8. The van der Waals surface area contributed by atoms with E-state index in [1.165, 1.54) is 29.2 Å². The van der Waals surface area contributed by atoms with Gasteiger partial charge >= 0.3 is 0 Å². The van der Waals surface area contributed by atoms with Crippen LogP contribution in [0.2, 0.25) is 0 Å². The molecular weight excluding hydrogens is 501 g/mol. The molecule has 0 saturated heterocycles. The summed E-state index contributed by atoms with van der Waals surface area (Å²) in [6, 6.07) is 11.3. The summed E-state index contributed by atoms with van der Waals surface area (Å²) >= 11 is 3.31. The van der Waals surface area contributed by atoms with E-state index >= 15 is 0 Å².